The smallest absolute Gasteiger partial charge is 0.242 e. The van der Waals surface area contributed by atoms with E-state index in [-0.39, 0.29) is 17.9 Å². The van der Waals surface area contributed by atoms with Gasteiger partial charge in [0.05, 0.1) is 6.42 Å². The van der Waals surface area contributed by atoms with Gasteiger partial charge < -0.3 is 10.2 Å². The average molecular weight is 381 g/mol. The summed E-state index contributed by atoms with van der Waals surface area (Å²) in [5.41, 5.74) is 4.25. The number of rotatable bonds is 8. The summed E-state index contributed by atoms with van der Waals surface area (Å²) in [7, 11) is 0. The van der Waals surface area contributed by atoms with E-state index in [4.69, 9.17) is 0 Å². The van der Waals surface area contributed by atoms with E-state index in [1.54, 1.807) is 4.90 Å². The van der Waals surface area contributed by atoms with Crippen molar-refractivity contribution < 1.29 is 9.59 Å². The molecule has 2 aromatic carbocycles. The van der Waals surface area contributed by atoms with Gasteiger partial charge in [-0.2, -0.15) is 0 Å². The normalized spacial score (nSPS) is 12.9. The summed E-state index contributed by atoms with van der Waals surface area (Å²) in [6.07, 6.45) is 1.15. The molecule has 0 saturated carbocycles. The molecule has 0 aliphatic heterocycles. The van der Waals surface area contributed by atoms with Crippen molar-refractivity contribution in [2.24, 2.45) is 0 Å². The molecule has 0 aromatic heterocycles. The molecule has 1 N–H and O–H groups in total. The molecule has 0 radical (unpaired) electrons. The van der Waals surface area contributed by atoms with Crippen molar-refractivity contribution in [1.29, 1.82) is 0 Å². The van der Waals surface area contributed by atoms with E-state index in [0.717, 1.165) is 28.7 Å². The Morgan fingerprint density at radius 2 is 1.71 bits per heavy atom. The number of carbonyl (C=O) groups is 2. The molecular formula is C24H32N2O2. The zero-order valence-electron chi connectivity index (χ0n) is 17.7. The second-order valence-electron chi connectivity index (χ2n) is 7.61. The SMILES string of the molecule is CC[C@H](C)NC(=O)[C@@H](C)N(Cc1ccccc1)C(=O)Cc1cc(C)ccc1C. The Hall–Kier alpha value is -2.62. The van der Waals surface area contributed by atoms with Crippen LogP contribution in [-0.2, 0) is 22.6 Å². The lowest BCUT2D eigenvalue weighted by Crippen LogP contribution is -2.49. The van der Waals surface area contributed by atoms with Gasteiger partial charge in [-0.1, -0.05) is 61.0 Å². The molecule has 4 nitrogen and oxygen atoms in total. The Bertz CT molecular complexity index is 802. The summed E-state index contributed by atoms with van der Waals surface area (Å²) in [6, 6.07) is 15.5. The van der Waals surface area contributed by atoms with Crippen LogP contribution in [-0.4, -0.2) is 28.8 Å². The Morgan fingerprint density at radius 1 is 1.04 bits per heavy atom. The lowest BCUT2D eigenvalue weighted by Gasteiger charge is -2.30. The largest absolute Gasteiger partial charge is 0.352 e. The molecule has 2 atom stereocenters. The molecule has 0 heterocycles. The summed E-state index contributed by atoms with van der Waals surface area (Å²) in [5, 5.41) is 3.00. The predicted molar refractivity (Wildman–Crippen MR) is 114 cm³/mol. The van der Waals surface area contributed by atoms with Gasteiger partial charge in [-0.05, 0) is 50.8 Å². The van der Waals surface area contributed by atoms with Crippen molar-refractivity contribution in [2.75, 3.05) is 0 Å². The van der Waals surface area contributed by atoms with E-state index in [0.29, 0.717) is 13.0 Å². The fourth-order valence-corrected chi connectivity index (χ4v) is 3.08. The van der Waals surface area contributed by atoms with Crippen LogP contribution in [0.25, 0.3) is 0 Å². The van der Waals surface area contributed by atoms with Crippen molar-refractivity contribution in [3.05, 3.63) is 70.8 Å². The first-order valence-electron chi connectivity index (χ1n) is 10.0. The van der Waals surface area contributed by atoms with Crippen LogP contribution < -0.4 is 5.32 Å². The van der Waals surface area contributed by atoms with Crippen molar-refractivity contribution in [1.82, 2.24) is 10.2 Å². The Labute approximate surface area is 169 Å². The third-order valence-electron chi connectivity index (χ3n) is 5.21. The first kappa shape index (κ1) is 21.7. The van der Waals surface area contributed by atoms with E-state index in [9.17, 15) is 9.59 Å². The van der Waals surface area contributed by atoms with Crippen LogP contribution in [0, 0.1) is 13.8 Å². The average Bonchev–Trinajstić information content (AvgIpc) is 2.68. The number of carbonyl (C=O) groups excluding carboxylic acids is 2. The van der Waals surface area contributed by atoms with E-state index < -0.39 is 6.04 Å². The summed E-state index contributed by atoms with van der Waals surface area (Å²) in [5.74, 6) is -0.149. The first-order valence-corrected chi connectivity index (χ1v) is 10.0. The molecule has 0 spiro atoms. The van der Waals surface area contributed by atoms with Crippen LogP contribution >= 0.6 is 0 Å². The fourth-order valence-electron chi connectivity index (χ4n) is 3.08. The summed E-state index contributed by atoms with van der Waals surface area (Å²) >= 11 is 0. The molecule has 2 amide bonds. The molecule has 28 heavy (non-hydrogen) atoms. The molecular weight excluding hydrogens is 348 g/mol. The highest BCUT2D eigenvalue weighted by Gasteiger charge is 2.27. The summed E-state index contributed by atoms with van der Waals surface area (Å²) in [6.45, 7) is 10.3. The molecule has 0 unspecified atom stereocenters. The van der Waals surface area contributed by atoms with Crippen LogP contribution in [0.3, 0.4) is 0 Å². The van der Waals surface area contributed by atoms with Gasteiger partial charge in [0.25, 0.3) is 0 Å². The summed E-state index contributed by atoms with van der Waals surface area (Å²) < 4.78 is 0. The van der Waals surface area contributed by atoms with Crippen molar-refractivity contribution in [3.63, 3.8) is 0 Å². The quantitative estimate of drug-likeness (QED) is 0.747. The molecule has 2 rings (SSSR count). The first-order chi connectivity index (χ1) is 13.3. The van der Waals surface area contributed by atoms with Gasteiger partial charge in [0, 0.05) is 12.6 Å². The molecule has 4 heteroatoms. The van der Waals surface area contributed by atoms with Crippen LogP contribution in [0.15, 0.2) is 48.5 Å². The fraction of sp³-hybridized carbons (Fsp3) is 0.417. The maximum absolute atomic E-state index is 13.2. The molecule has 2 aromatic rings. The van der Waals surface area contributed by atoms with Crippen molar-refractivity contribution >= 4 is 11.8 Å². The second kappa shape index (κ2) is 10.1. The van der Waals surface area contributed by atoms with E-state index in [2.05, 4.69) is 11.4 Å². The van der Waals surface area contributed by atoms with Crippen molar-refractivity contribution in [2.45, 2.75) is 66.1 Å². The Balaban J connectivity index is 2.24. The van der Waals surface area contributed by atoms with Crippen LogP contribution in [0.1, 0.15) is 49.4 Å². The van der Waals surface area contributed by atoms with Gasteiger partial charge in [-0.15, -0.1) is 0 Å². The zero-order valence-corrected chi connectivity index (χ0v) is 17.7. The number of aryl methyl sites for hydroxylation is 2. The van der Waals surface area contributed by atoms with Crippen LogP contribution in [0.2, 0.25) is 0 Å². The Morgan fingerprint density at radius 3 is 2.36 bits per heavy atom. The lowest BCUT2D eigenvalue weighted by atomic mass is 10.0. The molecule has 0 bridgehead atoms. The maximum atomic E-state index is 13.2. The maximum Gasteiger partial charge on any atom is 0.242 e. The zero-order chi connectivity index (χ0) is 20.7. The molecule has 0 saturated heterocycles. The van der Waals surface area contributed by atoms with E-state index in [1.165, 1.54) is 0 Å². The highest BCUT2D eigenvalue weighted by molar-refractivity contribution is 5.88. The van der Waals surface area contributed by atoms with Crippen LogP contribution in [0.4, 0.5) is 0 Å². The molecule has 0 aliphatic carbocycles. The van der Waals surface area contributed by atoms with Crippen molar-refractivity contribution in [3.8, 4) is 0 Å². The van der Waals surface area contributed by atoms with Gasteiger partial charge in [0.15, 0.2) is 0 Å². The highest BCUT2D eigenvalue weighted by Crippen LogP contribution is 2.16. The van der Waals surface area contributed by atoms with Gasteiger partial charge in [-0.3, -0.25) is 9.59 Å². The minimum Gasteiger partial charge on any atom is -0.352 e. The second-order valence-corrected chi connectivity index (χ2v) is 7.61. The monoisotopic (exact) mass is 380 g/mol. The number of nitrogens with one attached hydrogen (secondary N) is 1. The predicted octanol–water partition coefficient (Wildman–Crippen LogP) is 4.18. The number of hydrogen-bond donors (Lipinski definition) is 1. The topological polar surface area (TPSA) is 49.4 Å². The molecule has 0 fully saturated rings. The summed E-state index contributed by atoms with van der Waals surface area (Å²) in [4.78, 5) is 27.6. The third-order valence-corrected chi connectivity index (χ3v) is 5.21. The highest BCUT2D eigenvalue weighted by atomic mass is 16.2. The van der Waals surface area contributed by atoms with Gasteiger partial charge in [0.2, 0.25) is 11.8 Å². The third kappa shape index (κ3) is 5.95. The van der Waals surface area contributed by atoms with Gasteiger partial charge >= 0.3 is 0 Å². The number of nitrogens with zero attached hydrogens (tertiary/aromatic N) is 1. The Kier molecular flexibility index (Phi) is 7.80. The minimum atomic E-state index is -0.535. The van der Waals surface area contributed by atoms with Gasteiger partial charge in [-0.25, -0.2) is 0 Å². The molecule has 0 aliphatic rings. The van der Waals surface area contributed by atoms with E-state index in [1.807, 2.05) is 77.1 Å². The number of amides is 2. The van der Waals surface area contributed by atoms with Gasteiger partial charge in [0.1, 0.15) is 6.04 Å². The minimum absolute atomic E-state index is 0.0376. The lowest BCUT2D eigenvalue weighted by molar-refractivity contribution is -0.140. The number of hydrogen-bond acceptors (Lipinski definition) is 2. The standard InChI is InChI=1S/C24H32N2O2/c1-6-19(4)25-24(28)20(5)26(16-21-10-8-7-9-11-21)23(27)15-22-14-17(2)12-13-18(22)3/h7-14,19-20H,6,15-16H2,1-5H3,(H,25,28)/t19-,20+/m0/s1. The van der Waals surface area contributed by atoms with Crippen LogP contribution in [0.5, 0.6) is 0 Å². The van der Waals surface area contributed by atoms with E-state index >= 15 is 0 Å². The molecule has 150 valence electrons. The number of benzene rings is 2.